The van der Waals surface area contributed by atoms with Gasteiger partial charge in [-0.25, -0.2) is 4.57 Å². The Morgan fingerprint density at radius 2 is 1.32 bits per heavy atom. The zero-order valence-corrected chi connectivity index (χ0v) is 15.9. The van der Waals surface area contributed by atoms with Crippen molar-refractivity contribution >= 4 is 7.82 Å². The maximum atomic E-state index is 11.1. The van der Waals surface area contributed by atoms with E-state index in [0.717, 1.165) is 69.1 Å². The number of phosphoric ester groups is 1. The summed E-state index contributed by atoms with van der Waals surface area (Å²) in [6.07, 6.45) is 7.78. The number of nitrogens with zero attached hydrogens (tertiary/aromatic N) is 1. The number of hydrogen-bond donors (Lipinski definition) is 2. The summed E-state index contributed by atoms with van der Waals surface area (Å²) in [6, 6.07) is 0.164. The SMILES string of the molecule is CCCC[N+](CCCC)(CCCC)C(CC)COP(=O)(O)O. The fraction of sp³-hybridized carbons (Fsp3) is 1.00. The highest BCUT2D eigenvalue weighted by Crippen LogP contribution is 2.37. The summed E-state index contributed by atoms with van der Waals surface area (Å²) in [4.78, 5) is 18.1. The smallest absolute Gasteiger partial charge is 0.319 e. The molecule has 6 heteroatoms. The van der Waals surface area contributed by atoms with Gasteiger partial charge in [-0.05, 0) is 25.7 Å². The first-order valence-corrected chi connectivity index (χ1v) is 10.4. The molecule has 0 saturated carbocycles. The van der Waals surface area contributed by atoms with Crippen LogP contribution in [-0.4, -0.2) is 46.6 Å². The summed E-state index contributed by atoms with van der Waals surface area (Å²) >= 11 is 0. The molecule has 0 radical (unpaired) electrons. The van der Waals surface area contributed by atoms with Crippen LogP contribution in [0.1, 0.15) is 72.6 Å². The lowest BCUT2D eigenvalue weighted by atomic mass is 10.1. The van der Waals surface area contributed by atoms with Crippen LogP contribution < -0.4 is 0 Å². The highest BCUT2D eigenvalue weighted by atomic mass is 31.2. The minimum atomic E-state index is -4.39. The Kier molecular flexibility index (Phi) is 11.6. The summed E-state index contributed by atoms with van der Waals surface area (Å²) in [5.74, 6) is 0. The number of unbranched alkanes of at least 4 members (excludes halogenated alkanes) is 3. The number of quaternary nitrogens is 1. The van der Waals surface area contributed by atoms with Crippen molar-refractivity contribution in [1.82, 2.24) is 0 Å². The first-order valence-electron chi connectivity index (χ1n) is 8.91. The largest absolute Gasteiger partial charge is 0.469 e. The molecule has 0 amide bonds. The van der Waals surface area contributed by atoms with Gasteiger partial charge >= 0.3 is 7.82 Å². The minimum absolute atomic E-state index is 0.151. The summed E-state index contributed by atoms with van der Waals surface area (Å²) in [5, 5.41) is 0. The molecule has 0 fully saturated rings. The van der Waals surface area contributed by atoms with E-state index in [9.17, 15) is 4.57 Å². The van der Waals surface area contributed by atoms with Crippen LogP contribution >= 0.6 is 7.82 Å². The van der Waals surface area contributed by atoms with Crippen LogP contribution in [-0.2, 0) is 9.09 Å². The lowest BCUT2D eigenvalue weighted by Gasteiger charge is -2.45. The van der Waals surface area contributed by atoms with Crippen molar-refractivity contribution in [2.45, 2.75) is 78.7 Å². The van der Waals surface area contributed by atoms with Crippen molar-refractivity contribution in [3.05, 3.63) is 0 Å². The molecule has 134 valence electrons. The highest BCUT2D eigenvalue weighted by molar-refractivity contribution is 7.46. The predicted octanol–water partition coefficient (Wildman–Crippen LogP) is 4.09. The van der Waals surface area contributed by atoms with E-state index in [1.807, 2.05) is 0 Å². The van der Waals surface area contributed by atoms with Crippen molar-refractivity contribution in [2.24, 2.45) is 0 Å². The fourth-order valence-electron chi connectivity index (χ4n) is 3.15. The molecule has 0 bridgehead atoms. The molecule has 0 aromatic heterocycles. The molecular formula is C16H37NO4P+. The maximum Gasteiger partial charge on any atom is 0.469 e. The zero-order valence-electron chi connectivity index (χ0n) is 15.0. The van der Waals surface area contributed by atoms with Crippen molar-refractivity contribution in [3.63, 3.8) is 0 Å². The van der Waals surface area contributed by atoms with Gasteiger partial charge < -0.3 is 14.3 Å². The third-order valence-corrected chi connectivity index (χ3v) is 5.04. The van der Waals surface area contributed by atoms with E-state index in [-0.39, 0.29) is 12.6 Å². The molecule has 0 aliphatic rings. The van der Waals surface area contributed by atoms with Crippen LogP contribution in [0.3, 0.4) is 0 Å². The molecule has 0 aromatic carbocycles. The van der Waals surface area contributed by atoms with Gasteiger partial charge in [0.15, 0.2) is 0 Å². The van der Waals surface area contributed by atoms with Gasteiger partial charge in [0.1, 0.15) is 12.6 Å². The Balaban J connectivity index is 5.16. The Morgan fingerprint density at radius 1 is 0.909 bits per heavy atom. The lowest BCUT2D eigenvalue weighted by Crippen LogP contribution is -2.58. The molecule has 1 atom stereocenters. The molecule has 2 N–H and O–H groups in total. The van der Waals surface area contributed by atoms with Crippen molar-refractivity contribution < 1.29 is 23.4 Å². The average molecular weight is 338 g/mol. The Bertz CT molecular complexity index is 297. The van der Waals surface area contributed by atoms with Crippen molar-refractivity contribution in [2.75, 3.05) is 26.2 Å². The predicted molar refractivity (Wildman–Crippen MR) is 91.7 cm³/mol. The highest BCUT2D eigenvalue weighted by Gasteiger charge is 2.36. The van der Waals surface area contributed by atoms with Gasteiger partial charge in [-0.1, -0.05) is 47.0 Å². The van der Waals surface area contributed by atoms with Crippen molar-refractivity contribution in [1.29, 1.82) is 0 Å². The van der Waals surface area contributed by atoms with Crippen LogP contribution in [0.25, 0.3) is 0 Å². The zero-order chi connectivity index (χ0) is 17.1. The number of rotatable bonds is 14. The molecular weight excluding hydrogens is 301 g/mol. The van der Waals surface area contributed by atoms with Crippen molar-refractivity contribution in [3.8, 4) is 0 Å². The van der Waals surface area contributed by atoms with Gasteiger partial charge in [0.2, 0.25) is 0 Å². The second kappa shape index (κ2) is 11.6. The number of hydrogen-bond acceptors (Lipinski definition) is 2. The molecule has 5 nitrogen and oxygen atoms in total. The van der Waals surface area contributed by atoms with E-state index >= 15 is 0 Å². The normalized spacial score (nSPS) is 14.3. The van der Waals surface area contributed by atoms with E-state index in [4.69, 9.17) is 14.3 Å². The van der Waals surface area contributed by atoms with E-state index in [0.29, 0.717) is 0 Å². The second-order valence-electron chi connectivity index (χ2n) is 6.30. The molecule has 0 aliphatic carbocycles. The molecule has 0 rings (SSSR count). The standard InChI is InChI=1S/C16H36NO4P/c1-5-9-12-17(13-10-6-2,14-11-7-3)16(8-4)15-21-22(18,19)20/h16H,5-15H2,1-4H3,(H-,18,19,20)/p+1. The van der Waals surface area contributed by atoms with Gasteiger partial charge in [0.25, 0.3) is 0 Å². The molecule has 0 aliphatic heterocycles. The van der Waals surface area contributed by atoms with Crippen LogP contribution in [0.5, 0.6) is 0 Å². The Hall–Kier alpha value is 0.0700. The summed E-state index contributed by atoms with van der Waals surface area (Å²) in [6.45, 7) is 12.1. The quantitative estimate of drug-likeness (QED) is 0.370. The van der Waals surface area contributed by atoms with Gasteiger partial charge in [-0.15, -0.1) is 0 Å². The first kappa shape index (κ1) is 22.1. The van der Waals surface area contributed by atoms with E-state index in [1.54, 1.807) is 0 Å². The second-order valence-corrected chi connectivity index (χ2v) is 7.54. The average Bonchev–Trinajstić information content (AvgIpc) is 2.47. The van der Waals surface area contributed by atoms with Crippen LogP contribution in [0.2, 0.25) is 0 Å². The molecule has 22 heavy (non-hydrogen) atoms. The first-order chi connectivity index (χ1) is 10.3. The summed E-state index contributed by atoms with van der Waals surface area (Å²) in [7, 11) is -4.39. The van der Waals surface area contributed by atoms with Gasteiger partial charge in [0, 0.05) is 0 Å². The maximum absolute atomic E-state index is 11.1. The van der Waals surface area contributed by atoms with E-state index in [1.165, 1.54) is 0 Å². The molecule has 0 aromatic rings. The molecule has 1 unspecified atom stereocenters. The lowest BCUT2D eigenvalue weighted by molar-refractivity contribution is -0.952. The third kappa shape index (κ3) is 8.64. The van der Waals surface area contributed by atoms with E-state index in [2.05, 4.69) is 27.7 Å². The fourth-order valence-corrected chi connectivity index (χ4v) is 3.51. The van der Waals surface area contributed by atoms with Gasteiger partial charge in [-0.2, -0.15) is 0 Å². The Morgan fingerprint density at radius 3 is 1.59 bits per heavy atom. The monoisotopic (exact) mass is 338 g/mol. The Labute approximate surface area is 136 Å². The van der Waals surface area contributed by atoms with Crippen LogP contribution in [0.4, 0.5) is 0 Å². The van der Waals surface area contributed by atoms with Gasteiger partial charge in [0.05, 0.1) is 19.6 Å². The summed E-state index contributed by atoms with van der Waals surface area (Å²) in [5.41, 5.74) is 0. The topological polar surface area (TPSA) is 66.8 Å². The van der Waals surface area contributed by atoms with Gasteiger partial charge in [-0.3, -0.25) is 4.52 Å². The summed E-state index contributed by atoms with van der Waals surface area (Å²) < 4.78 is 16.9. The molecule has 0 spiro atoms. The number of phosphoric acid groups is 1. The van der Waals surface area contributed by atoms with E-state index < -0.39 is 7.82 Å². The minimum Gasteiger partial charge on any atom is -0.319 e. The third-order valence-electron chi connectivity index (χ3n) is 4.55. The van der Waals surface area contributed by atoms with Crippen LogP contribution in [0, 0.1) is 0 Å². The molecule has 0 heterocycles. The van der Waals surface area contributed by atoms with Crippen LogP contribution in [0.15, 0.2) is 0 Å². The molecule has 0 saturated heterocycles.